The molecule has 1 aromatic heterocycles. The molecule has 1 saturated heterocycles. The van der Waals surface area contributed by atoms with Gasteiger partial charge in [-0.25, -0.2) is 0 Å². The highest BCUT2D eigenvalue weighted by atomic mass is 35.5. The van der Waals surface area contributed by atoms with E-state index < -0.39 is 0 Å². The fourth-order valence-electron chi connectivity index (χ4n) is 3.51. The quantitative estimate of drug-likeness (QED) is 0.479. The highest BCUT2D eigenvalue weighted by Crippen LogP contribution is 2.52. The molecule has 1 aliphatic heterocycles. The number of amides is 2. The first kappa shape index (κ1) is 12.3. The molecule has 3 aliphatic rings. The first-order valence-corrected chi connectivity index (χ1v) is 7.70. The Morgan fingerprint density at radius 3 is 2.40 bits per heavy atom. The van der Waals surface area contributed by atoms with Crippen LogP contribution < -0.4 is 0 Å². The third kappa shape index (κ3) is 1.63. The average molecular weight is 307 g/mol. The number of hydrazone groups is 1. The van der Waals surface area contributed by atoms with E-state index in [1.54, 1.807) is 6.07 Å². The van der Waals surface area contributed by atoms with Crippen molar-refractivity contribution in [1.82, 2.24) is 5.01 Å². The third-order valence-electron chi connectivity index (χ3n) is 4.34. The lowest BCUT2D eigenvalue weighted by Crippen LogP contribution is -2.28. The molecule has 2 heterocycles. The zero-order chi connectivity index (χ0) is 13.9. The van der Waals surface area contributed by atoms with Crippen LogP contribution in [-0.4, -0.2) is 23.0 Å². The Morgan fingerprint density at radius 1 is 1.20 bits per heavy atom. The predicted molar refractivity (Wildman–Crippen MR) is 76.5 cm³/mol. The van der Waals surface area contributed by atoms with Crippen molar-refractivity contribution in [3.63, 3.8) is 0 Å². The van der Waals surface area contributed by atoms with Gasteiger partial charge in [-0.1, -0.05) is 23.8 Å². The molecule has 1 aromatic rings. The molecule has 0 unspecified atom stereocenters. The van der Waals surface area contributed by atoms with Crippen LogP contribution in [0, 0.1) is 23.7 Å². The van der Waals surface area contributed by atoms with Crippen molar-refractivity contribution in [3.8, 4) is 0 Å². The van der Waals surface area contributed by atoms with Gasteiger partial charge in [-0.05, 0) is 30.4 Å². The van der Waals surface area contributed by atoms with Crippen LogP contribution in [0.3, 0.4) is 0 Å². The number of rotatable bonds is 2. The molecule has 0 N–H and O–H groups in total. The molecule has 0 spiro atoms. The first-order valence-electron chi connectivity index (χ1n) is 6.50. The van der Waals surface area contributed by atoms with E-state index >= 15 is 0 Å². The fourth-order valence-corrected chi connectivity index (χ4v) is 4.44. The van der Waals surface area contributed by atoms with Crippen LogP contribution in [0.1, 0.15) is 11.3 Å². The van der Waals surface area contributed by atoms with Gasteiger partial charge < -0.3 is 0 Å². The summed E-state index contributed by atoms with van der Waals surface area (Å²) in [6.45, 7) is 0. The lowest BCUT2D eigenvalue weighted by Gasteiger charge is -2.13. The summed E-state index contributed by atoms with van der Waals surface area (Å²) in [4.78, 5) is 25.5. The van der Waals surface area contributed by atoms with Gasteiger partial charge in [0, 0.05) is 4.88 Å². The van der Waals surface area contributed by atoms with E-state index in [0.29, 0.717) is 4.34 Å². The standard InChI is InChI=1S/C14H11ClN2O2S/c15-10-4-3-9(20-10)6-16-17-13(18)11-7-1-2-8(5-7)12(11)14(17)19/h1-4,6-8,11-12H,5H2/t7-,8-,11-,12+/m0/s1. The van der Waals surface area contributed by atoms with E-state index in [0.717, 1.165) is 16.3 Å². The van der Waals surface area contributed by atoms with Crippen molar-refractivity contribution in [2.75, 3.05) is 0 Å². The van der Waals surface area contributed by atoms with Crippen LogP contribution in [0.15, 0.2) is 29.4 Å². The number of nitrogens with zero attached hydrogens (tertiary/aromatic N) is 2. The summed E-state index contributed by atoms with van der Waals surface area (Å²) >= 11 is 7.20. The second kappa shape index (κ2) is 4.27. The summed E-state index contributed by atoms with van der Waals surface area (Å²) in [7, 11) is 0. The SMILES string of the molecule is O=C1[C@@H]2[C@H](C(=O)N1N=Cc1ccc(Cl)s1)[C@H]1C=C[C@H]2C1. The van der Waals surface area contributed by atoms with Crippen LogP contribution in [0.5, 0.6) is 0 Å². The van der Waals surface area contributed by atoms with Crippen LogP contribution in [0.25, 0.3) is 0 Å². The van der Waals surface area contributed by atoms with Gasteiger partial charge in [0.05, 0.1) is 22.4 Å². The number of hydrogen-bond donors (Lipinski definition) is 0. The number of allylic oxidation sites excluding steroid dienone is 2. The first-order chi connectivity index (χ1) is 9.65. The number of imide groups is 1. The number of carbonyl (C=O) groups excluding carboxylic acids is 2. The molecule has 1 saturated carbocycles. The average Bonchev–Trinajstić information content (AvgIpc) is 3.15. The van der Waals surface area contributed by atoms with Crippen molar-refractivity contribution in [2.24, 2.45) is 28.8 Å². The van der Waals surface area contributed by atoms with Gasteiger partial charge >= 0.3 is 0 Å². The summed E-state index contributed by atoms with van der Waals surface area (Å²) in [6.07, 6.45) is 6.61. The molecule has 4 nitrogen and oxygen atoms in total. The number of thiophene rings is 1. The molecule has 102 valence electrons. The molecule has 6 heteroatoms. The fraction of sp³-hybridized carbons (Fsp3) is 0.357. The highest BCUT2D eigenvalue weighted by molar-refractivity contribution is 7.17. The van der Waals surface area contributed by atoms with Crippen molar-refractivity contribution in [1.29, 1.82) is 0 Å². The number of halogens is 1. The molecular weight excluding hydrogens is 296 g/mol. The minimum Gasteiger partial charge on any atom is -0.272 e. The van der Waals surface area contributed by atoms with Crippen molar-refractivity contribution < 1.29 is 9.59 Å². The third-order valence-corrected chi connectivity index (χ3v) is 5.51. The Kier molecular flexibility index (Phi) is 2.62. The molecule has 4 rings (SSSR count). The van der Waals surface area contributed by atoms with E-state index in [-0.39, 0.29) is 35.5 Å². The Balaban J connectivity index is 1.60. The molecule has 20 heavy (non-hydrogen) atoms. The van der Waals surface area contributed by atoms with Crippen LogP contribution in [0.4, 0.5) is 0 Å². The monoisotopic (exact) mass is 306 g/mol. The maximum absolute atomic E-state index is 12.3. The van der Waals surface area contributed by atoms with Gasteiger partial charge in [0.15, 0.2) is 0 Å². The number of fused-ring (bicyclic) bond motifs is 5. The van der Waals surface area contributed by atoms with Gasteiger partial charge in [-0.15, -0.1) is 11.3 Å². The van der Waals surface area contributed by atoms with E-state index in [2.05, 4.69) is 17.3 Å². The highest BCUT2D eigenvalue weighted by Gasteiger charge is 2.59. The molecule has 2 aliphatic carbocycles. The lowest BCUT2D eigenvalue weighted by molar-refractivity contribution is -0.140. The van der Waals surface area contributed by atoms with Gasteiger partial charge in [-0.3, -0.25) is 9.59 Å². The lowest BCUT2D eigenvalue weighted by atomic mass is 9.85. The molecule has 2 amide bonds. The predicted octanol–water partition coefficient (Wildman–Crippen LogP) is 2.54. The zero-order valence-corrected chi connectivity index (χ0v) is 12.0. The van der Waals surface area contributed by atoms with Crippen molar-refractivity contribution >= 4 is 41.0 Å². The second-order valence-corrected chi connectivity index (χ2v) is 7.12. The summed E-state index contributed by atoms with van der Waals surface area (Å²) in [5.74, 6) is -0.259. The Morgan fingerprint density at radius 2 is 1.85 bits per heavy atom. The summed E-state index contributed by atoms with van der Waals surface area (Å²) in [6, 6.07) is 3.58. The Bertz CT molecular complexity index is 636. The summed E-state index contributed by atoms with van der Waals surface area (Å²) < 4.78 is 0.657. The van der Waals surface area contributed by atoms with E-state index in [1.807, 2.05) is 6.07 Å². The molecule has 2 fully saturated rings. The van der Waals surface area contributed by atoms with E-state index in [9.17, 15) is 9.59 Å². The van der Waals surface area contributed by atoms with Crippen LogP contribution in [0.2, 0.25) is 4.34 Å². The summed E-state index contributed by atoms with van der Waals surface area (Å²) in [5, 5.41) is 5.13. The molecule has 2 bridgehead atoms. The van der Waals surface area contributed by atoms with Gasteiger partial charge in [0.1, 0.15) is 0 Å². The maximum atomic E-state index is 12.3. The van der Waals surface area contributed by atoms with Crippen LogP contribution >= 0.6 is 22.9 Å². The molecule has 0 radical (unpaired) electrons. The van der Waals surface area contributed by atoms with E-state index in [4.69, 9.17) is 11.6 Å². The normalized spacial score (nSPS) is 34.8. The van der Waals surface area contributed by atoms with Gasteiger partial charge in [0.2, 0.25) is 0 Å². The number of carbonyl (C=O) groups is 2. The topological polar surface area (TPSA) is 49.7 Å². The Labute approximate surface area is 124 Å². The van der Waals surface area contributed by atoms with Crippen molar-refractivity contribution in [2.45, 2.75) is 6.42 Å². The summed E-state index contributed by atoms with van der Waals surface area (Å²) in [5.41, 5.74) is 0. The minimum atomic E-state index is -0.193. The number of hydrogen-bond acceptors (Lipinski definition) is 4. The van der Waals surface area contributed by atoms with Gasteiger partial charge in [-0.2, -0.15) is 10.1 Å². The van der Waals surface area contributed by atoms with Gasteiger partial charge in [0.25, 0.3) is 11.8 Å². The van der Waals surface area contributed by atoms with Crippen LogP contribution in [-0.2, 0) is 9.59 Å². The molecular formula is C14H11ClN2O2S. The van der Waals surface area contributed by atoms with E-state index in [1.165, 1.54) is 17.6 Å². The maximum Gasteiger partial charge on any atom is 0.254 e. The molecule has 0 aromatic carbocycles. The van der Waals surface area contributed by atoms with Crippen molar-refractivity contribution in [3.05, 3.63) is 33.5 Å². The Hall–Kier alpha value is -1.46. The largest absolute Gasteiger partial charge is 0.272 e. The molecule has 4 atom stereocenters. The second-order valence-electron chi connectivity index (χ2n) is 5.37. The minimum absolute atomic E-state index is 0.157. The smallest absolute Gasteiger partial charge is 0.254 e. The zero-order valence-electron chi connectivity index (χ0n) is 10.4.